The van der Waals surface area contributed by atoms with Gasteiger partial charge in [-0.15, -0.1) is 0 Å². The summed E-state index contributed by atoms with van der Waals surface area (Å²) >= 11 is 0. The van der Waals surface area contributed by atoms with Crippen molar-refractivity contribution in [2.75, 3.05) is 6.61 Å². The van der Waals surface area contributed by atoms with Gasteiger partial charge in [0, 0.05) is 17.5 Å². The Morgan fingerprint density at radius 2 is 1.67 bits per heavy atom. The van der Waals surface area contributed by atoms with E-state index >= 15 is 0 Å². The molecule has 1 heterocycles. The van der Waals surface area contributed by atoms with Gasteiger partial charge >= 0.3 is 6.15 Å². The van der Waals surface area contributed by atoms with Crippen LogP contribution in [0.15, 0.2) is 47.5 Å². The lowest BCUT2D eigenvalue weighted by Gasteiger charge is -2.05. The van der Waals surface area contributed by atoms with Gasteiger partial charge in [0.2, 0.25) is 0 Å². The minimum Gasteiger partial charge on any atom is -0.291 e. The second-order valence-corrected chi connectivity index (χ2v) is 6.34. The molecule has 0 N–H and O–H groups in total. The number of carbonyl (C=O) groups excluding carboxylic acids is 3. The number of ketones is 1. The molecule has 1 aromatic heterocycles. The first-order chi connectivity index (χ1) is 11.3. The van der Waals surface area contributed by atoms with Crippen molar-refractivity contribution in [1.82, 2.24) is 4.98 Å². The van der Waals surface area contributed by atoms with Gasteiger partial charge in [-0.2, -0.15) is 18.0 Å². The number of rotatable bonds is 5. The fraction of sp³-hybridized carbons (Fsp3) is 0.188. The molecular weight excluding hydrogens is 334 g/mol. The molecule has 7 nitrogen and oxygen atoms in total. The second kappa shape index (κ2) is 8.83. The monoisotopic (exact) mass is 349 g/mol. The molecule has 0 saturated heterocycles. The van der Waals surface area contributed by atoms with Crippen LogP contribution in [-0.4, -0.2) is 31.9 Å². The molecule has 0 saturated carbocycles. The first kappa shape index (κ1) is 19.4. The summed E-state index contributed by atoms with van der Waals surface area (Å²) in [6.07, 6.45) is 1.65. The van der Waals surface area contributed by atoms with E-state index < -0.39 is 22.5 Å². The van der Waals surface area contributed by atoms with Crippen molar-refractivity contribution in [2.24, 2.45) is 0 Å². The summed E-state index contributed by atoms with van der Waals surface area (Å²) in [6, 6.07) is 9.50. The van der Waals surface area contributed by atoms with E-state index in [4.69, 9.17) is 13.8 Å². The Balaban J connectivity index is 0.000000891. The highest BCUT2D eigenvalue weighted by molar-refractivity contribution is 7.86. The van der Waals surface area contributed by atoms with Crippen LogP contribution in [0.2, 0.25) is 0 Å². The van der Waals surface area contributed by atoms with Crippen LogP contribution in [0.4, 0.5) is 0 Å². The van der Waals surface area contributed by atoms with E-state index in [-0.39, 0.29) is 11.0 Å². The van der Waals surface area contributed by atoms with Crippen molar-refractivity contribution < 1.29 is 27.0 Å². The van der Waals surface area contributed by atoms with E-state index in [9.17, 15) is 13.2 Å². The lowest BCUT2D eigenvalue weighted by Crippen LogP contribution is -2.15. The first-order valence-corrected chi connectivity index (χ1v) is 8.12. The number of benzene rings is 1. The van der Waals surface area contributed by atoms with Gasteiger partial charge in [-0.3, -0.25) is 14.0 Å². The Hall–Kier alpha value is -2.67. The molecule has 0 unspecified atom stereocenters. The number of hydrogen-bond acceptors (Lipinski definition) is 7. The highest BCUT2D eigenvalue weighted by Crippen LogP contribution is 2.13. The molecule has 24 heavy (non-hydrogen) atoms. The van der Waals surface area contributed by atoms with Crippen LogP contribution in [0.5, 0.6) is 0 Å². The Kier molecular flexibility index (Phi) is 7.13. The van der Waals surface area contributed by atoms with Gasteiger partial charge in [-0.05, 0) is 38.1 Å². The number of aryl methyl sites for hydroxylation is 2. The summed E-state index contributed by atoms with van der Waals surface area (Å²) < 4.78 is 28.7. The van der Waals surface area contributed by atoms with Crippen molar-refractivity contribution in [3.63, 3.8) is 0 Å². The van der Waals surface area contributed by atoms with Crippen LogP contribution >= 0.6 is 0 Å². The molecule has 0 aliphatic carbocycles. The lowest BCUT2D eigenvalue weighted by atomic mass is 10.2. The van der Waals surface area contributed by atoms with Crippen LogP contribution in [0.3, 0.4) is 0 Å². The summed E-state index contributed by atoms with van der Waals surface area (Å²) in [5.74, 6) is -0.432. The van der Waals surface area contributed by atoms with Crippen molar-refractivity contribution >= 4 is 22.1 Å². The zero-order chi connectivity index (χ0) is 18.2. The third-order valence-corrected chi connectivity index (χ3v) is 4.17. The van der Waals surface area contributed by atoms with Gasteiger partial charge in [0.05, 0.1) is 4.90 Å². The van der Waals surface area contributed by atoms with E-state index in [0.717, 1.165) is 11.3 Å². The van der Waals surface area contributed by atoms with Crippen molar-refractivity contribution in [2.45, 2.75) is 18.7 Å². The summed E-state index contributed by atoms with van der Waals surface area (Å²) in [6.45, 7) is 3.11. The van der Waals surface area contributed by atoms with Gasteiger partial charge in [0.15, 0.2) is 5.78 Å². The SMILES string of the molecule is Cc1ccc(S(=O)(=O)OCC(=O)c2ccc(C)nc2)cc1.O=C=O. The average Bonchev–Trinajstić information content (AvgIpc) is 2.54. The molecule has 0 aliphatic rings. The standard InChI is InChI=1S/C15H15NO4S.CO2/c1-11-3-7-14(8-4-11)21(18,19)20-10-15(17)13-6-5-12(2)16-9-13;2-1-3/h3-9H,10H2,1-2H3;. The predicted octanol–water partition coefficient (Wildman–Crippen LogP) is 1.70. The van der Waals surface area contributed by atoms with Crippen molar-refractivity contribution in [1.29, 1.82) is 0 Å². The fourth-order valence-electron chi connectivity index (χ4n) is 1.62. The molecular formula is C16H15NO6S. The molecule has 0 fully saturated rings. The summed E-state index contributed by atoms with van der Waals surface area (Å²) in [5, 5.41) is 0. The maximum Gasteiger partial charge on any atom is 0.373 e. The summed E-state index contributed by atoms with van der Waals surface area (Å²) in [7, 11) is -3.93. The van der Waals surface area contributed by atoms with Crippen molar-refractivity contribution in [3.05, 3.63) is 59.4 Å². The van der Waals surface area contributed by atoms with Gasteiger partial charge in [-0.1, -0.05) is 17.7 Å². The Bertz CT molecular complexity index is 820. The van der Waals surface area contributed by atoms with E-state index in [1.54, 1.807) is 31.2 Å². The highest BCUT2D eigenvalue weighted by atomic mass is 32.2. The average molecular weight is 349 g/mol. The molecule has 0 spiro atoms. The molecule has 0 amide bonds. The maximum atomic E-state index is 11.9. The number of nitrogens with zero attached hydrogens (tertiary/aromatic N) is 1. The number of aromatic nitrogens is 1. The molecule has 0 aliphatic heterocycles. The highest BCUT2D eigenvalue weighted by Gasteiger charge is 2.17. The van der Waals surface area contributed by atoms with Gasteiger partial charge in [0.1, 0.15) is 6.61 Å². The number of hydrogen-bond donors (Lipinski definition) is 0. The minimum absolute atomic E-state index is 0.0305. The number of carbonyl (C=O) groups is 1. The first-order valence-electron chi connectivity index (χ1n) is 6.71. The molecule has 1 aromatic carbocycles. The fourth-order valence-corrected chi connectivity index (χ4v) is 2.49. The summed E-state index contributed by atoms with van der Waals surface area (Å²) in [5.41, 5.74) is 2.04. The van der Waals surface area contributed by atoms with Gasteiger partial charge in [-0.25, -0.2) is 0 Å². The van der Waals surface area contributed by atoms with Crippen LogP contribution < -0.4 is 0 Å². The van der Waals surface area contributed by atoms with Crippen LogP contribution in [0, 0.1) is 13.8 Å². The third-order valence-electron chi connectivity index (χ3n) is 2.89. The Morgan fingerprint density at radius 3 is 2.17 bits per heavy atom. The third kappa shape index (κ3) is 5.85. The second-order valence-electron chi connectivity index (χ2n) is 4.72. The molecule has 126 valence electrons. The van der Waals surface area contributed by atoms with E-state index in [2.05, 4.69) is 4.98 Å². The van der Waals surface area contributed by atoms with E-state index in [0.29, 0.717) is 5.56 Å². The largest absolute Gasteiger partial charge is 0.373 e. The smallest absolute Gasteiger partial charge is 0.291 e. The predicted molar refractivity (Wildman–Crippen MR) is 82.6 cm³/mol. The van der Waals surface area contributed by atoms with E-state index in [1.165, 1.54) is 18.3 Å². The molecule has 0 atom stereocenters. The number of pyridine rings is 1. The molecule has 0 radical (unpaired) electrons. The zero-order valence-corrected chi connectivity index (χ0v) is 13.9. The minimum atomic E-state index is -3.93. The molecule has 8 heteroatoms. The maximum absolute atomic E-state index is 11.9. The normalized spacial score (nSPS) is 10.2. The topological polar surface area (TPSA) is 107 Å². The lowest BCUT2D eigenvalue weighted by molar-refractivity contribution is -0.191. The quantitative estimate of drug-likeness (QED) is 0.597. The van der Waals surface area contributed by atoms with E-state index in [1.807, 2.05) is 6.92 Å². The van der Waals surface area contributed by atoms with Crippen molar-refractivity contribution in [3.8, 4) is 0 Å². The molecule has 0 bridgehead atoms. The van der Waals surface area contributed by atoms with Gasteiger partial charge < -0.3 is 0 Å². The van der Waals surface area contributed by atoms with Crippen LogP contribution in [-0.2, 0) is 23.9 Å². The van der Waals surface area contributed by atoms with Crippen LogP contribution in [0.25, 0.3) is 0 Å². The Labute approximate surface area is 139 Å². The Morgan fingerprint density at radius 1 is 1.08 bits per heavy atom. The summed E-state index contributed by atoms with van der Waals surface area (Å²) in [4.78, 5) is 32.1. The number of Topliss-reactive ketones (excluding diaryl/α,β-unsaturated/α-hetero) is 1. The zero-order valence-electron chi connectivity index (χ0n) is 13.1. The molecule has 2 aromatic rings. The van der Waals surface area contributed by atoms with Crippen LogP contribution in [0.1, 0.15) is 21.6 Å². The molecule has 2 rings (SSSR count). The van der Waals surface area contributed by atoms with Gasteiger partial charge in [0.25, 0.3) is 10.1 Å².